The van der Waals surface area contributed by atoms with Gasteiger partial charge in [0.25, 0.3) is 0 Å². The van der Waals surface area contributed by atoms with Gasteiger partial charge in [0.05, 0.1) is 16.6 Å². The molecule has 31 heavy (non-hydrogen) atoms. The SMILES string of the molecule is CCOc1cc(/C=C2\SC(=N)[C@H](c3nccs3)C2=O)ccc1OCc1ccccc1Cl. The molecule has 1 fully saturated rings. The first-order valence-electron chi connectivity index (χ1n) is 9.61. The van der Waals surface area contributed by atoms with E-state index in [1.54, 1.807) is 12.3 Å². The Balaban J connectivity index is 1.55. The van der Waals surface area contributed by atoms with Crippen LogP contribution in [0.2, 0.25) is 5.02 Å². The third-order valence-electron chi connectivity index (χ3n) is 4.59. The number of nitrogens with zero attached hydrogens (tertiary/aromatic N) is 1. The molecule has 0 bridgehead atoms. The number of halogens is 1. The van der Waals surface area contributed by atoms with Gasteiger partial charge in [-0.1, -0.05) is 47.6 Å². The number of Topliss-reactive ketones (excluding diaryl/α,β-unsaturated/α-hetero) is 1. The Hall–Kier alpha value is -2.61. The molecular weight excluding hydrogens is 452 g/mol. The lowest BCUT2D eigenvalue weighted by Crippen LogP contribution is -2.11. The molecule has 2 heterocycles. The standard InChI is InChI=1S/C23H19ClN2O3S2/c1-2-28-18-11-14(7-8-17(18)29-13-15-5-3-4-6-16(15)24)12-19-21(27)20(22(25)31-19)23-26-9-10-30-23/h3-12,20,25H,2,13H2,1H3/b19-12-,25-22?/t20-/m1/s1. The summed E-state index contributed by atoms with van der Waals surface area (Å²) in [5, 5.41) is 11.6. The van der Waals surface area contributed by atoms with Gasteiger partial charge in [0, 0.05) is 22.2 Å². The summed E-state index contributed by atoms with van der Waals surface area (Å²) in [4.78, 5) is 17.6. The van der Waals surface area contributed by atoms with E-state index >= 15 is 0 Å². The average Bonchev–Trinajstić information content (AvgIpc) is 3.37. The van der Waals surface area contributed by atoms with Crippen molar-refractivity contribution in [3.63, 3.8) is 0 Å². The molecule has 1 aromatic heterocycles. The molecule has 0 aliphatic carbocycles. The summed E-state index contributed by atoms with van der Waals surface area (Å²) in [6.07, 6.45) is 3.44. The van der Waals surface area contributed by atoms with Crippen molar-refractivity contribution in [2.24, 2.45) is 0 Å². The van der Waals surface area contributed by atoms with E-state index in [9.17, 15) is 4.79 Å². The molecule has 158 valence electrons. The highest BCUT2D eigenvalue weighted by Crippen LogP contribution is 2.41. The first-order valence-corrected chi connectivity index (χ1v) is 11.7. The van der Waals surface area contributed by atoms with Gasteiger partial charge in [-0.2, -0.15) is 0 Å². The van der Waals surface area contributed by atoms with E-state index in [0.29, 0.717) is 44.7 Å². The lowest BCUT2D eigenvalue weighted by atomic mass is 10.0. The van der Waals surface area contributed by atoms with Crippen molar-refractivity contribution in [1.29, 1.82) is 5.41 Å². The molecular formula is C23H19ClN2O3S2. The fourth-order valence-corrected chi connectivity index (χ4v) is 5.11. The fraction of sp³-hybridized carbons (Fsp3) is 0.174. The van der Waals surface area contributed by atoms with Crippen molar-refractivity contribution >= 4 is 51.6 Å². The second-order valence-electron chi connectivity index (χ2n) is 6.66. The molecule has 1 N–H and O–H groups in total. The monoisotopic (exact) mass is 470 g/mol. The van der Waals surface area contributed by atoms with Crippen LogP contribution in [0.3, 0.4) is 0 Å². The largest absolute Gasteiger partial charge is 0.490 e. The van der Waals surface area contributed by atoms with Crippen molar-refractivity contribution in [2.75, 3.05) is 6.61 Å². The van der Waals surface area contributed by atoms with Crippen LogP contribution in [0.1, 0.15) is 29.0 Å². The second kappa shape index (κ2) is 9.68. The number of thioether (sulfide) groups is 1. The van der Waals surface area contributed by atoms with Crippen LogP contribution in [-0.2, 0) is 11.4 Å². The van der Waals surface area contributed by atoms with E-state index in [-0.39, 0.29) is 5.78 Å². The Morgan fingerprint density at radius 3 is 2.77 bits per heavy atom. The zero-order valence-corrected chi connectivity index (χ0v) is 19.0. The predicted octanol–water partition coefficient (Wildman–Crippen LogP) is 6.19. The molecule has 1 atom stereocenters. The number of carbonyl (C=O) groups is 1. The normalized spacial score (nSPS) is 17.4. The fourth-order valence-electron chi connectivity index (χ4n) is 3.12. The van der Waals surface area contributed by atoms with Gasteiger partial charge < -0.3 is 9.47 Å². The number of carbonyl (C=O) groups excluding carboxylic acids is 1. The van der Waals surface area contributed by atoms with Crippen LogP contribution in [0.15, 0.2) is 58.9 Å². The highest BCUT2D eigenvalue weighted by molar-refractivity contribution is 8.19. The lowest BCUT2D eigenvalue weighted by Gasteiger charge is -2.13. The number of allylic oxidation sites excluding steroid dienone is 1. The first kappa shape index (κ1) is 21.6. The Kier molecular flexibility index (Phi) is 6.75. The topological polar surface area (TPSA) is 72.3 Å². The van der Waals surface area contributed by atoms with Gasteiger partial charge in [-0.05, 0) is 36.8 Å². The molecule has 1 aliphatic heterocycles. The Bertz CT molecular complexity index is 1150. The maximum atomic E-state index is 12.9. The number of benzene rings is 2. The highest BCUT2D eigenvalue weighted by atomic mass is 35.5. The van der Waals surface area contributed by atoms with Crippen molar-refractivity contribution < 1.29 is 14.3 Å². The van der Waals surface area contributed by atoms with Crippen molar-refractivity contribution in [3.05, 3.63) is 80.1 Å². The van der Waals surface area contributed by atoms with Gasteiger partial charge in [0.15, 0.2) is 17.3 Å². The molecule has 8 heteroatoms. The molecule has 1 aliphatic rings. The summed E-state index contributed by atoms with van der Waals surface area (Å²) < 4.78 is 11.7. The molecule has 0 spiro atoms. The number of nitrogens with one attached hydrogen (secondary N) is 1. The molecule has 5 nitrogen and oxygen atoms in total. The highest BCUT2D eigenvalue weighted by Gasteiger charge is 2.38. The van der Waals surface area contributed by atoms with Crippen molar-refractivity contribution in [2.45, 2.75) is 19.4 Å². The minimum Gasteiger partial charge on any atom is -0.490 e. The molecule has 1 saturated heterocycles. The van der Waals surface area contributed by atoms with Gasteiger partial charge in [-0.15, -0.1) is 11.3 Å². The summed E-state index contributed by atoms with van der Waals surface area (Å²) in [6.45, 7) is 2.70. The Labute approximate surface area is 193 Å². The van der Waals surface area contributed by atoms with Crippen LogP contribution in [0.5, 0.6) is 11.5 Å². The van der Waals surface area contributed by atoms with Crippen LogP contribution >= 0.6 is 34.7 Å². The minimum absolute atomic E-state index is 0.0954. The van der Waals surface area contributed by atoms with E-state index in [1.165, 1.54) is 23.1 Å². The number of rotatable bonds is 7. The first-order chi connectivity index (χ1) is 15.1. The van der Waals surface area contributed by atoms with E-state index < -0.39 is 5.92 Å². The van der Waals surface area contributed by atoms with Crippen LogP contribution in [0.4, 0.5) is 0 Å². The summed E-state index contributed by atoms with van der Waals surface area (Å²) >= 11 is 8.79. The number of hydrogen-bond donors (Lipinski definition) is 1. The number of thiazole rings is 1. The van der Waals surface area contributed by atoms with Crippen LogP contribution in [0, 0.1) is 5.41 Å². The summed E-state index contributed by atoms with van der Waals surface area (Å²) in [6, 6.07) is 13.1. The molecule has 2 aromatic carbocycles. The maximum absolute atomic E-state index is 12.9. The predicted molar refractivity (Wildman–Crippen MR) is 127 cm³/mol. The number of hydrogen-bond acceptors (Lipinski definition) is 7. The lowest BCUT2D eigenvalue weighted by molar-refractivity contribution is -0.114. The smallest absolute Gasteiger partial charge is 0.186 e. The van der Waals surface area contributed by atoms with Crippen LogP contribution in [0.25, 0.3) is 6.08 Å². The van der Waals surface area contributed by atoms with E-state index in [4.69, 9.17) is 26.5 Å². The maximum Gasteiger partial charge on any atom is 0.186 e. The van der Waals surface area contributed by atoms with Gasteiger partial charge >= 0.3 is 0 Å². The van der Waals surface area contributed by atoms with Gasteiger partial charge in [0.1, 0.15) is 17.5 Å². The minimum atomic E-state index is -0.596. The zero-order valence-electron chi connectivity index (χ0n) is 16.6. The van der Waals surface area contributed by atoms with Crippen molar-refractivity contribution in [1.82, 2.24) is 4.98 Å². The zero-order chi connectivity index (χ0) is 21.8. The van der Waals surface area contributed by atoms with Crippen LogP contribution in [-0.4, -0.2) is 22.4 Å². The number of aromatic nitrogens is 1. The Morgan fingerprint density at radius 1 is 1.19 bits per heavy atom. The van der Waals surface area contributed by atoms with Crippen LogP contribution < -0.4 is 9.47 Å². The van der Waals surface area contributed by atoms with Gasteiger partial charge in [-0.3, -0.25) is 10.2 Å². The molecule has 0 amide bonds. The molecule has 0 unspecified atom stereocenters. The van der Waals surface area contributed by atoms with E-state index in [0.717, 1.165) is 11.1 Å². The third kappa shape index (κ3) is 4.84. The summed E-state index contributed by atoms with van der Waals surface area (Å²) in [5.74, 6) is 0.497. The third-order valence-corrected chi connectivity index (χ3v) is 6.80. The van der Waals surface area contributed by atoms with Crippen molar-refractivity contribution in [3.8, 4) is 11.5 Å². The quantitative estimate of drug-likeness (QED) is 0.416. The second-order valence-corrected chi connectivity index (χ2v) is 9.08. The van der Waals surface area contributed by atoms with E-state index in [2.05, 4.69) is 4.98 Å². The molecule has 0 saturated carbocycles. The number of ether oxygens (including phenoxy) is 2. The summed E-state index contributed by atoms with van der Waals surface area (Å²) in [7, 11) is 0. The molecule has 0 radical (unpaired) electrons. The Morgan fingerprint density at radius 2 is 2.03 bits per heavy atom. The molecule has 4 rings (SSSR count). The average molecular weight is 471 g/mol. The van der Waals surface area contributed by atoms with E-state index in [1.807, 2.05) is 54.8 Å². The summed E-state index contributed by atoms with van der Waals surface area (Å²) in [5.41, 5.74) is 1.69. The number of ketones is 1. The van der Waals surface area contributed by atoms with Gasteiger partial charge in [-0.25, -0.2) is 4.98 Å². The molecule has 3 aromatic rings. The van der Waals surface area contributed by atoms with Gasteiger partial charge in [0.2, 0.25) is 0 Å².